The standard InChI is InChI=1S/C13H19N3O2S/c1-8(2)18-5-4-16-6-10(17)11(12(16)14)13-15-9(3)7-19-13/h7-8,14,17H,4-6H2,1-3H3. The molecular formula is C13H19N3O2S. The van der Waals surface area contributed by atoms with Crippen LogP contribution in [-0.2, 0) is 4.74 Å². The van der Waals surface area contributed by atoms with Crippen LogP contribution in [0.3, 0.4) is 0 Å². The molecule has 1 aliphatic heterocycles. The van der Waals surface area contributed by atoms with E-state index in [0.29, 0.717) is 36.1 Å². The number of aliphatic hydroxyl groups excluding tert-OH is 1. The Bertz CT molecular complexity index is 508. The van der Waals surface area contributed by atoms with Gasteiger partial charge >= 0.3 is 0 Å². The van der Waals surface area contributed by atoms with Crippen LogP contribution in [0.5, 0.6) is 0 Å². The second kappa shape index (κ2) is 5.71. The van der Waals surface area contributed by atoms with E-state index in [9.17, 15) is 5.11 Å². The molecule has 0 saturated carbocycles. The number of aryl methyl sites for hydroxylation is 1. The lowest BCUT2D eigenvalue weighted by Gasteiger charge is -2.19. The van der Waals surface area contributed by atoms with Gasteiger partial charge in [-0.05, 0) is 20.8 Å². The number of rotatable bonds is 5. The third-order valence-corrected chi connectivity index (χ3v) is 3.81. The van der Waals surface area contributed by atoms with Crippen LogP contribution in [0, 0.1) is 12.3 Å². The molecule has 0 saturated heterocycles. The molecule has 2 heterocycles. The Balaban J connectivity index is 2.03. The lowest BCUT2D eigenvalue weighted by molar-refractivity contribution is 0.0705. The number of nitrogens with zero attached hydrogens (tertiary/aromatic N) is 2. The first-order valence-corrected chi connectivity index (χ1v) is 7.17. The number of ether oxygens (including phenoxy) is 1. The highest BCUT2D eigenvalue weighted by Crippen LogP contribution is 2.29. The van der Waals surface area contributed by atoms with Gasteiger partial charge in [0.25, 0.3) is 0 Å². The van der Waals surface area contributed by atoms with Crippen LogP contribution >= 0.6 is 11.3 Å². The van der Waals surface area contributed by atoms with Crippen LogP contribution in [-0.4, -0.2) is 46.6 Å². The maximum Gasteiger partial charge on any atom is 0.135 e. The highest BCUT2D eigenvalue weighted by Gasteiger charge is 2.29. The fourth-order valence-electron chi connectivity index (χ4n) is 1.92. The van der Waals surface area contributed by atoms with Gasteiger partial charge in [0.2, 0.25) is 0 Å². The molecule has 6 heteroatoms. The third-order valence-electron chi connectivity index (χ3n) is 2.83. The molecule has 19 heavy (non-hydrogen) atoms. The first-order valence-electron chi connectivity index (χ1n) is 6.29. The minimum atomic E-state index is 0.180. The minimum absolute atomic E-state index is 0.180. The number of nitrogens with one attached hydrogen (secondary N) is 1. The van der Waals surface area contributed by atoms with Crippen LogP contribution in [0.2, 0.25) is 0 Å². The van der Waals surface area contributed by atoms with Gasteiger partial charge in [0, 0.05) is 17.6 Å². The van der Waals surface area contributed by atoms with Crippen molar-refractivity contribution in [2.45, 2.75) is 26.9 Å². The summed E-state index contributed by atoms with van der Waals surface area (Å²) in [6.07, 6.45) is 0.180. The number of aromatic nitrogens is 1. The number of hydrogen-bond acceptors (Lipinski definition) is 5. The lowest BCUT2D eigenvalue weighted by Crippen LogP contribution is -2.30. The number of hydrogen-bond donors (Lipinski definition) is 2. The Morgan fingerprint density at radius 3 is 2.89 bits per heavy atom. The fraction of sp³-hybridized carbons (Fsp3) is 0.538. The summed E-state index contributed by atoms with van der Waals surface area (Å²) in [4.78, 5) is 6.15. The molecule has 0 atom stereocenters. The van der Waals surface area contributed by atoms with E-state index in [4.69, 9.17) is 10.1 Å². The topological polar surface area (TPSA) is 69.4 Å². The molecule has 1 aromatic heterocycles. The molecule has 0 bridgehead atoms. The van der Waals surface area contributed by atoms with Crippen molar-refractivity contribution < 1.29 is 9.84 Å². The molecule has 1 aliphatic rings. The first kappa shape index (κ1) is 14.0. The van der Waals surface area contributed by atoms with Gasteiger partial charge in [-0.15, -0.1) is 11.3 Å². The van der Waals surface area contributed by atoms with E-state index in [1.54, 1.807) is 0 Å². The van der Waals surface area contributed by atoms with E-state index in [2.05, 4.69) is 4.98 Å². The van der Waals surface area contributed by atoms with Gasteiger partial charge < -0.3 is 14.7 Å². The number of aliphatic hydroxyl groups is 1. The number of amidine groups is 1. The predicted molar refractivity (Wildman–Crippen MR) is 76.8 cm³/mol. The van der Waals surface area contributed by atoms with Crippen molar-refractivity contribution in [3.05, 3.63) is 21.8 Å². The molecule has 2 rings (SSSR count). The van der Waals surface area contributed by atoms with Gasteiger partial charge in [0.05, 0.1) is 24.8 Å². The van der Waals surface area contributed by atoms with Crippen molar-refractivity contribution in [1.82, 2.24) is 9.88 Å². The summed E-state index contributed by atoms with van der Waals surface area (Å²) < 4.78 is 5.48. The molecule has 0 amide bonds. The summed E-state index contributed by atoms with van der Waals surface area (Å²) in [6.45, 7) is 7.40. The van der Waals surface area contributed by atoms with E-state index >= 15 is 0 Å². The van der Waals surface area contributed by atoms with Crippen molar-refractivity contribution in [3.63, 3.8) is 0 Å². The van der Waals surface area contributed by atoms with Crippen LogP contribution in [0.4, 0.5) is 0 Å². The normalized spacial score (nSPS) is 16.0. The zero-order valence-corrected chi connectivity index (χ0v) is 12.3. The molecule has 5 nitrogen and oxygen atoms in total. The van der Waals surface area contributed by atoms with Crippen LogP contribution < -0.4 is 0 Å². The number of thiazole rings is 1. The molecule has 0 unspecified atom stereocenters. The molecule has 0 fully saturated rings. The van der Waals surface area contributed by atoms with Crippen molar-refractivity contribution in [2.24, 2.45) is 0 Å². The monoisotopic (exact) mass is 281 g/mol. The summed E-state index contributed by atoms with van der Waals surface area (Å²) in [7, 11) is 0. The summed E-state index contributed by atoms with van der Waals surface area (Å²) in [5.74, 6) is 0.558. The SMILES string of the molecule is Cc1csc(C2=C(O)CN(CCOC(C)C)C2=N)n1. The minimum Gasteiger partial charge on any atom is -0.510 e. The lowest BCUT2D eigenvalue weighted by atomic mass is 10.2. The maximum absolute atomic E-state index is 10.0. The Hall–Kier alpha value is -1.40. The van der Waals surface area contributed by atoms with E-state index < -0.39 is 0 Å². The zero-order valence-electron chi connectivity index (χ0n) is 11.4. The maximum atomic E-state index is 10.0. The highest BCUT2D eigenvalue weighted by molar-refractivity contribution is 7.11. The summed E-state index contributed by atoms with van der Waals surface area (Å²) in [5.41, 5.74) is 1.47. The van der Waals surface area contributed by atoms with Crippen LogP contribution in [0.1, 0.15) is 24.5 Å². The molecule has 0 spiro atoms. The van der Waals surface area contributed by atoms with Crippen molar-refractivity contribution in [1.29, 1.82) is 5.41 Å². The van der Waals surface area contributed by atoms with Gasteiger partial charge in [-0.25, -0.2) is 4.98 Å². The van der Waals surface area contributed by atoms with Gasteiger partial charge in [-0.1, -0.05) is 0 Å². The molecular weight excluding hydrogens is 262 g/mol. The van der Waals surface area contributed by atoms with Crippen molar-refractivity contribution >= 4 is 22.7 Å². The zero-order chi connectivity index (χ0) is 14.0. The average molecular weight is 281 g/mol. The second-order valence-corrected chi connectivity index (χ2v) is 5.66. The van der Waals surface area contributed by atoms with Crippen molar-refractivity contribution in [3.8, 4) is 0 Å². The summed E-state index contributed by atoms with van der Waals surface area (Å²) in [6, 6.07) is 0. The molecule has 104 valence electrons. The predicted octanol–water partition coefficient (Wildman–Crippen LogP) is 2.44. The molecule has 0 aliphatic carbocycles. The van der Waals surface area contributed by atoms with E-state index in [-0.39, 0.29) is 11.9 Å². The first-order chi connectivity index (χ1) is 8.99. The van der Waals surface area contributed by atoms with E-state index in [1.165, 1.54) is 11.3 Å². The van der Waals surface area contributed by atoms with Gasteiger partial charge in [0.15, 0.2) is 0 Å². The fourth-order valence-corrected chi connectivity index (χ4v) is 2.78. The average Bonchev–Trinajstić information content (AvgIpc) is 2.84. The Labute approximate surface area is 117 Å². The molecule has 0 aromatic carbocycles. The Kier molecular flexibility index (Phi) is 4.21. The summed E-state index contributed by atoms with van der Waals surface area (Å²) >= 11 is 1.46. The van der Waals surface area contributed by atoms with Gasteiger partial charge in [-0.2, -0.15) is 0 Å². The third kappa shape index (κ3) is 3.13. The molecule has 0 radical (unpaired) electrons. The Morgan fingerprint density at radius 1 is 1.58 bits per heavy atom. The smallest absolute Gasteiger partial charge is 0.135 e. The van der Waals surface area contributed by atoms with Crippen LogP contribution in [0.25, 0.3) is 5.57 Å². The van der Waals surface area contributed by atoms with Gasteiger partial charge in [0.1, 0.15) is 16.6 Å². The van der Waals surface area contributed by atoms with Gasteiger partial charge in [-0.3, -0.25) is 5.41 Å². The van der Waals surface area contributed by atoms with Crippen LogP contribution in [0.15, 0.2) is 11.1 Å². The molecule has 2 N–H and O–H groups in total. The molecule has 1 aromatic rings. The quantitative estimate of drug-likeness (QED) is 0.869. The second-order valence-electron chi connectivity index (χ2n) is 4.81. The largest absolute Gasteiger partial charge is 0.510 e. The highest BCUT2D eigenvalue weighted by atomic mass is 32.1. The summed E-state index contributed by atoms with van der Waals surface area (Å²) in [5, 5.41) is 20.8. The van der Waals surface area contributed by atoms with E-state index in [0.717, 1.165) is 5.69 Å². The Morgan fingerprint density at radius 2 is 2.32 bits per heavy atom. The van der Waals surface area contributed by atoms with Crippen molar-refractivity contribution in [2.75, 3.05) is 19.7 Å². The van der Waals surface area contributed by atoms with E-state index in [1.807, 2.05) is 31.1 Å².